The van der Waals surface area contributed by atoms with Gasteiger partial charge in [-0.1, -0.05) is 51.1 Å². The predicted octanol–water partition coefficient (Wildman–Crippen LogP) is 3.56. The van der Waals surface area contributed by atoms with Crippen molar-refractivity contribution in [2.75, 3.05) is 26.2 Å². The Labute approximate surface area is 286 Å². The molecule has 3 aromatic rings. The lowest BCUT2D eigenvalue weighted by atomic mass is 9.99. The van der Waals surface area contributed by atoms with Crippen LogP contribution in [-0.4, -0.2) is 79.5 Å². The Morgan fingerprint density at radius 3 is 2.00 bits per heavy atom. The van der Waals surface area contributed by atoms with Crippen molar-refractivity contribution in [2.24, 2.45) is 5.14 Å². The molecule has 5 N–H and O–H groups in total. The van der Waals surface area contributed by atoms with Crippen molar-refractivity contribution in [3.63, 3.8) is 0 Å². The fourth-order valence-electron chi connectivity index (χ4n) is 5.39. The lowest BCUT2D eigenvalue weighted by Gasteiger charge is -2.30. The highest BCUT2D eigenvalue weighted by Crippen LogP contribution is 2.19. The summed E-state index contributed by atoms with van der Waals surface area (Å²) in [7, 11) is -4.35. The summed E-state index contributed by atoms with van der Waals surface area (Å²) < 4.78 is 53.1. The number of rotatable bonds is 18. The second-order valence-corrected chi connectivity index (χ2v) is 13.4. The first kappa shape index (κ1) is 39.2. The van der Waals surface area contributed by atoms with Crippen LogP contribution in [0.2, 0.25) is 0 Å². The van der Waals surface area contributed by atoms with Crippen molar-refractivity contribution in [3.05, 3.63) is 101 Å². The lowest BCUT2D eigenvalue weighted by Crippen LogP contribution is -2.53. The summed E-state index contributed by atoms with van der Waals surface area (Å²) in [5.41, 5.74) is 3.38. The number of amides is 3. The monoisotopic (exact) mass is 701 g/mol. The molecular weight excluding hydrogens is 656 g/mol. The summed E-state index contributed by atoms with van der Waals surface area (Å²) in [5.74, 6) is -3.41. The van der Waals surface area contributed by atoms with Gasteiger partial charge in [-0.25, -0.2) is 27.3 Å². The molecule has 3 aromatic carbocycles. The number of carbonyl (C=O) groups excluding carboxylic acids is 3. The maximum absolute atomic E-state index is 14.1. The van der Waals surface area contributed by atoms with Crippen LogP contribution in [0.3, 0.4) is 0 Å². The van der Waals surface area contributed by atoms with Gasteiger partial charge in [-0.2, -0.15) is 0 Å². The molecule has 3 amide bonds. The molecule has 0 spiro atoms. The van der Waals surface area contributed by atoms with Gasteiger partial charge in [0.1, 0.15) is 11.6 Å². The Bertz CT molecular complexity index is 1670. The number of primary sulfonamides is 1. The molecule has 0 heterocycles. The molecule has 0 aliphatic carbocycles. The third kappa shape index (κ3) is 12.3. The highest BCUT2D eigenvalue weighted by atomic mass is 32.2. The van der Waals surface area contributed by atoms with E-state index in [4.69, 9.17) is 5.14 Å². The molecule has 0 aliphatic rings. The number of hydrogen-bond acceptors (Lipinski definition) is 7. The Morgan fingerprint density at radius 2 is 1.43 bits per heavy atom. The average Bonchev–Trinajstić information content (AvgIpc) is 3.03. The van der Waals surface area contributed by atoms with E-state index in [1.807, 2.05) is 39.0 Å². The zero-order valence-electron chi connectivity index (χ0n) is 28.0. The highest BCUT2D eigenvalue weighted by Gasteiger charge is 2.27. The maximum atomic E-state index is 14.1. The molecule has 49 heavy (non-hydrogen) atoms. The van der Waals surface area contributed by atoms with Gasteiger partial charge in [0.05, 0.1) is 23.5 Å². The molecule has 2 atom stereocenters. The van der Waals surface area contributed by atoms with Gasteiger partial charge in [0.15, 0.2) is 0 Å². The van der Waals surface area contributed by atoms with Gasteiger partial charge in [0, 0.05) is 43.4 Å². The van der Waals surface area contributed by atoms with Crippen LogP contribution < -0.4 is 15.9 Å². The van der Waals surface area contributed by atoms with E-state index in [1.54, 1.807) is 17.0 Å². The van der Waals surface area contributed by atoms with E-state index in [1.165, 1.54) is 11.1 Å². The minimum absolute atomic E-state index is 0.0712. The van der Waals surface area contributed by atoms with Gasteiger partial charge in [0.25, 0.3) is 11.8 Å². The van der Waals surface area contributed by atoms with Gasteiger partial charge in [-0.15, -0.1) is 0 Å². The number of halogens is 2. The number of nitrogens with one attached hydrogen (secondary N) is 2. The normalized spacial score (nSPS) is 12.7. The third-order valence-corrected chi connectivity index (χ3v) is 8.46. The first-order valence-electron chi connectivity index (χ1n) is 16.2. The van der Waals surface area contributed by atoms with E-state index in [-0.39, 0.29) is 42.0 Å². The molecular formula is C35H45F2N5O6S. The zero-order chi connectivity index (χ0) is 36.1. The van der Waals surface area contributed by atoms with Crippen LogP contribution >= 0.6 is 0 Å². The first-order valence-corrected chi connectivity index (χ1v) is 17.8. The van der Waals surface area contributed by atoms with Crippen LogP contribution in [0.1, 0.15) is 71.9 Å². The van der Waals surface area contributed by atoms with Crippen molar-refractivity contribution < 1.29 is 36.7 Å². The largest absolute Gasteiger partial charge is 0.390 e. The van der Waals surface area contributed by atoms with Gasteiger partial charge >= 0.3 is 0 Å². The van der Waals surface area contributed by atoms with Crippen LogP contribution in [0.4, 0.5) is 8.78 Å². The number of aliphatic hydroxyl groups excluding tert-OH is 1. The summed E-state index contributed by atoms with van der Waals surface area (Å²) in [6.45, 7) is 6.62. The molecule has 0 radical (unpaired) electrons. The predicted molar refractivity (Wildman–Crippen MR) is 182 cm³/mol. The number of benzene rings is 3. The van der Waals surface area contributed by atoms with Crippen LogP contribution in [0.5, 0.6) is 0 Å². The Kier molecular flexibility index (Phi) is 14.8. The van der Waals surface area contributed by atoms with Crippen LogP contribution in [0.15, 0.2) is 71.6 Å². The van der Waals surface area contributed by atoms with Crippen molar-refractivity contribution in [3.8, 4) is 0 Å². The van der Waals surface area contributed by atoms with E-state index >= 15 is 0 Å². The fourth-order valence-corrected chi connectivity index (χ4v) is 5.97. The maximum Gasteiger partial charge on any atom is 0.253 e. The summed E-state index contributed by atoms with van der Waals surface area (Å²) in [6, 6.07) is 14.0. The molecule has 0 aliphatic heterocycles. The van der Waals surface area contributed by atoms with Crippen molar-refractivity contribution in [1.29, 1.82) is 0 Å². The SMILES string of the molecule is CCCN(CC(O)C(Cc1cc(F)cc(F)c1)NC(=O)c1cc(C(=O)N(CCC)CCC)cc(S(N)(=O)=O)c1)NC(=O)Cc1ccccc1. The van der Waals surface area contributed by atoms with Gasteiger partial charge in [-0.05, 0) is 67.1 Å². The van der Waals surface area contributed by atoms with Crippen LogP contribution in [0, 0.1) is 11.6 Å². The Morgan fingerprint density at radius 1 is 0.837 bits per heavy atom. The molecule has 3 rings (SSSR count). The molecule has 0 saturated carbocycles. The van der Waals surface area contributed by atoms with Gasteiger partial charge in [0.2, 0.25) is 15.9 Å². The molecule has 0 saturated heterocycles. The van der Waals surface area contributed by atoms with Crippen molar-refractivity contribution in [2.45, 2.75) is 69.9 Å². The average molecular weight is 702 g/mol. The Hall–Kier alpha value is -4.24. The van der Waals surface area contributed by atoms with Crippen molar-refractivity contribution in [1.82, 2.24) is 20.7 Å². The van der Waals surface area contributed by atoms with Gasteiger partial charge < -0.3 is 15.3 Å². The summed E-state index contributed by atoms with van der Waals surface area (Å²) in [6.07, 6.45) is 0.336. The minimum Gasteiger partial charge on any atom is -0.390 e. The Balaban J connectivity index is 1.94. The van der Waals surface area contributed by atoms with Crippen LogP contribution in [-0.2, 0) is 27.7 Å². The molecule has 0 aromatic heterocycles. The summed E-state index contributed by atoms with van der Waals surface area (Å²) >= 11 is 0. The number of nitrogens with two attached hydrogens (primary N) is 1. The number of carbonyl (C=O) groups is 3. The molecule has 0 fully saturated rings. The quantitative estimate of drug-likeness (QED) is 0.148. The smallest absolute Gasteiger partial charge is 0.253 e. The fraction of sp³-hybridized carbons (Fsp3) is 0.400. The number of nitrogens with zero attached hydrogens (tertiary/aromatic N) is 2. The topological polar surface area (TPSA) is 162 Å². The lowest BCUT2D eigenvalue weighted by molar-refractivity contribution is -0.126. The number of hydrogen-bond donors (Lipinski definition) is 4. The molecule has 14 heteroatoms. The second-order valence-electron chi connectivity index (χ2n) is 11.9. The summed E-state index contributed by atoms with van der Waals surface area (Å²) in [4.78, 5) is 41.1. The minimum atomic E-state index is -4.35. The zero-order valence-corrected chi connectivity index (χ0v) is 28.8. The highest BCUT2D eigenvalue weighted by molar-refractivity contribution is 7.89. The van der Waals surface area contributed by atoms with E-state index in [2.05, 4.69) is 10.7 Å². The number of sulfonamides is 1. The number of aliphatic hydroxyl groups is 1. The number of hydrazine groups is 1. The van der Waals surface area contributed by atoms with Gasteiger partial charge in [-0.3, -0.25) is 19.8 Å². The van der Waals surface area contributed by atoms with E-state index in [0.717, 1.165) is 29.8 Å². The van der Waals surface area contributed by atoms with E-state index in [9.17, 15) is 36.7 Å². The summed E-state index contributed by atoms with van der Waals surface area (Å²) in [5, 5.41) is 21.0. The standard InChI is InChI=1S/C35H45F2N5O6S/c1-4-12-41(13-5-2)35(46)27-19-26(20-30(21-27)49(38,47)48)34(45)39-31(17-25-15-28(36)22-29(37)16-25)32(43)23-42(14-6-3)40-33(44)18-24-10-8-7-9-11-24/h7-11,15-16,19-22,31-32,43H,4-6,12-14,17-18,23H2,1-3H3,(H,39,45)(H,40,44)(H2,38,47,48). The molecule has 11 nitrogen and oxygen atoms in total. The van der Waals surface area contributed by atoms with E-state index in [0.29, 0.717) is 45.0 Å². The molecule has 0 bridgehead atoms. The van der Waals surface area contributed by atoms with Crippen molar-refractivity contribution >= 4 is 27.7 Å². The second kappa shape index (κ2) is 18.5. The molecule has 2 unspecified atom stereocenters. The third-order valence-electron chi connectivity index (χ3n) is 7.57. The first-order chi connectivity index (χ1) is 23.2. The molecule has 266 valence electrons. The van der Waals surface area contributed by atoms with Crippen LogP contribution in [0.25, 0.3) is 0 Å². The van der Waals surface area contributed by atoms with E-state index < -0.39 is 50.5 Å².